The highest BCUT2D eigenvalue weighted by atomic mass is 15.2. The lowest BCUT2D eigenvalue weighted by atomic mass is 9.97. The van der Waals surface area contributed by atoms with E-state index in [0.29, 0.717) is 11.6 Å². The first-order chi connectivity index (χ1) is 8.38. The molecule has 0 aliphatic carbocycles. The number of benzene rings is 1. The molecule has 0 spiro atoms. The molecule has 2 aliphatic heterocycles. The van der Waals surface area contributed by atoms with Crippen molar-refractivity contribution < 1.29 is 0 Å². The minimum absolute atomic E-state index is 0.330. The molecule has 1 atom stereocenters. The van der Waals surface area contributed by atoms with Crippen LogP contribution in [-0.2, 0) is 0 Å². The fraction of sp³-hybridized carbons (Fsp3) is 0.286. The fourth-order valence-electron chi connectivity index (χ4n) is 2.50. The van der Waals surface area contributed by atoms with Crippen molar-refractivity contribution in [3.63, 3.8) is 0 Å². The van der Waals surface area contributed by atoms with E-state index in [1.807, 2.05) is 36.7 Å². The molecule has 84 valence electrons. The normalized spacial score (nSPS) is 21.9. The molecule has 0 bridgehead atoms. The zero-order valence-electron chi connectivity index (χ0n) is 9.50. The van der Waals surface area contributed by atoms with E-state index in [2.05, 4.69) is 16.0 Å². The molecule has 0 saturated carbocycles. The highest BCUT2D eigenvalue weighted by Gasteiger charge is 2.27. The molecular weight excluding hydrogens is 210 g/mol. The van der Waals surface area contributed by atoms with Crippen molar-refractivity contribution in [1.29, 1.82) is 5.26 Å². The summed E-state index contributed by atoms with van der Waals surface area (Å²) in [4.78, 5) is 6.61. The summed E-state index contributed by atoms with van der Waals surface area (Å²) < 4.78 is 0. The first kappa shape index (κ1) is 10.1. The van der Waals surface area contributed by atoms with E-state index in [1.54, 1.807) is 0 Å². The average Bonchev–Trinajstić information content (AvgIpc) is 2.87. The Morgan fingerprint density at radius 2 is 2.12 bits per heavy atom. The first-order valence-electron chi connectivity index (χ1n) is 5.87. The largest absolute Gasteiger partial charge is 0.360 e. The van der Waals surface area contributed by atoms with Crippen molar-refractivity contribution >= 4 is 11.9 Å². The van der Waals surface area contributed by atoms with E-state index in [0.717, 1.165) is 13.0 Å². The minimum atomic E-state index is 0.330. The fourth-order valence-corrected chi connectivity index (χ4v) is 2.50. The van der Waals surface area contributed by atoms with Gasteiger partial charge in [-0.15, -0.1) is 0 Å². The lowest BCUT2D eigenvalue weighted by molar-refractivity contribution is 0.644. The number of hydrogen-bond acceptors (Lipinski definition) is 3. The number of hydrogen-bond donors (Lipinski definition) is 0. The molecule has 0 radical (unpaired) electrons. The summed E-state index contributed by atoms with van der Waals surface area (Å²) in [6.45, 7) is 1.06. The van der Waals surface area contributed by atoms with Gasteiger partial charge in [0.05, 0.1) is 17.7 Å². The molecular formula is C14H13N3. The van der Waals surface area contributed by atoms with Crippen molar-refractivity contribution in [1.82, 2.24) is 0 Å². The van der Waals surface area contributed by atoms with Gasteiger partial charge in [0.1, 0.15) is 0 Å². The predicted octanol–water partition coefficient (Wildman–Crippen LogP) is 2.50. The molecule has 1 saturated heterocycles. The van der Waals surface area contributed by atoms with Crippen LogP contribution in [0.1, 0.15) is 18.4 Å². The molecule has 0 aromatic heterocycles. The van der Waals surface area contributed by atoms with Gasteiger partial charge in [-0.2, -0.15) is 5.26 Å². The molecule has 0 amide bonds. The molecule has 1 fully saturated rings. The SMILES string of the molecule is N#Cc1ccc(N2CCCC3=CN=CC32)cc1. The second-order valence-electron chi connectivity index (χ2n) is 4.40. The summed E-state index contributed by atoms with van der Waals surface area (Å²) in [5, 5.41) is 8.80. The molecule has 3 nitrogen and oxygen atoms in total. The zero-order valence-corrected chi connectivity index (χ0v) is 9.50. The predicted molar refractivity (Wildman–Crippen MR) is 68.1 cm³/mol. The summed E-state index contributed by atoms with van der Waals surface area (Å²) in [6, 6.07) is 10.3. The number of anilines is 1. The van der Waals surface area contributed by atoms with Crippen LogP contribution in [0.3, 0.4) is 0 Å². The van der Waals surface area contributed by atoms with E-state index < -0.39 is 0 Å². The molecule has 17 heavy (non-hydrogen) atoms. The Morgan fingerprint density at radius 1 is 1.29 bits per heavy atom. The van der Waals surface area contributed by atoms with Crippen LogP contribution >= 0.6 is 0 Å². The molecule has 1 unspecified atom stereocenters. The second-order valence-corrected chi connectivity index (χ2v) is 4.40. The van der Waals surface area contributed by atoms with Crippen LogP contribution in [0.4, 0.5) is 5.69 Å². The second kappa shape index (κ2) is 4.06. The highest BCUT2D eigenvalue weighted by molar-refractivity contribution is 5.79. The number of aliphatic imine (C=N–C) groups is 1. The zero-order chi connectivity index (χ0) is 11.7. The van der Waals surface area contributed by atoms with Gasteiger partial charge in [0.25, 0.3) is 0 Å². The van der Waals surface area contributed by atoms with Crippen molar-refractivity contribution in [2.24, 2.45) is 4.99 Å². The van der Waals surface area contributed by atoms with Crippen LogP contribution in [0, 0.1) is 11.3 Å². The molecule has 3 rings (SSSR count). The van der Waals surface area contributed by atoms with Gasteiger partial charge in [-0.1, -0.05) is 0 Å². The lowest BCUT2D eigenvalue weighted by Gasteiger charge is -2.35. The van der Waals surface area contributed by atoms with E-state index >= 15 is 0 Å². The standard InChI is InChI=1S/C14H13N3/c15-8-11-3-5-13(6-4-11)17-7-1-2-12-9-16-10-14(12)17/h3-6,9-10,14H,1-2,7H2. The van der Waals surface area contributed by atoms with Crippen molar-refractivity contribution in [2.75, 3.05) is 11.4 Å². The Bertz CT molecular complexity index is 519. The molecule has 2 heterocycles. The van der Waals surface area contributed by atoms with Gasteiger partial charge in [0.15, 0.2) is 0 Å². The number of nitriles is 1. The first-order valence-corrected chi connectivity index (χ1v) is 5.87. The van der Waals surface area contributed by atoms with Crippen LogP contribution in [0.2, 0.25) is 0 Å². The maximum Gasteiger partial charge on any atom is 0.0991 e. The van der Waals surface area contributed by atoms with Crippen molar-refractivity contribution in [3.05, 3.63) is 41.6 Å². The third-order valence-electron chi connectivity index (χ3n) is 3.38. The van der Waals surface area contributed by atoms with Gasteiger partial charge in [0.2, 0.25) is 0 Å². The summed E-state index contributed by atoms with van der Waals surface area (Å²) in [5.41, 5.74) is 3.29. The topological polar surface area (TPSA) is 39.4 Å². The van der Waals surface area contributed by atoms with Crippen LogP contribution in [0.15, 0.2) is 41.0 Å². The van der Waals surface area contributed by atoms with Gasteiger partial charge in [-0.3, -0.25) is 4.99 Å². The third-order valence-corrected chi connectivity index (χ3v) is 3.38. The third kappa shape index (κ3) is 1.72. The van der Waals surface area contributed by atoms with Crippen LogP contribution in [0.25, 0.3) is 0 Å². The van der Waals surface area contributed by atoms with Gasteiger partial charge in [-0.25, -0.2) is 0 Å². The summed E-state index contributed by atoms with van der Waals surface area (Å²) in [6.07, 6.45) is 6.32. The molecule has 0 N–H and O–H groups in total. The van der Waals surface area contributed by atoms with Crippen LogP contribution < -0.4 is 4.90 Å². The van der Waals surface area contributed by atoms with Gasteiger partial charge in [-0.05, 0) is 42.7 Å². The maximum atomic E-state index is 8.80. The number of rotatable bonds is 1. The Hall–Kier alpha value is -2.08. The summed E-state index contributed by atoms with van der Waals surface area (Å²) >= 11 is 0. The lowest BCUT2D eigenvalue weighted by Crippen LogP contribution is -2.41. The average molecular weight is 223 g/mol. The highest BCUT2D eigenvalue weighted by Crippen LogP contribution is 2.29. The van der Waals surface area contributed by atoms with Crippen LogP contribution in [-0.4, -0.2) is 18.8 Å². The quantitative estimate of drug-likeness (QED) is 0.733. The van der Waals surface area contributed by atoms with Crippen molar-refractivity contribution in [2.45, 2.75) is 18.9 Å². The molecule has 1 aromatic rings. The number of fused-ring (bicyclic) bond motifs is 1. The minimum Gasteiger partial charge on any atom is -0.360 e. The van der Waals surface area contributed by atoms with E-state index in [-0.39, 0.29) is 0 Å². The molecule has 3 heteroatoms. The van der Waals surface area contributed by atoms with Gasteiger partial charge >= 0.3 is 0 Å². The number of nitrogens with zero attached hydrogens (tertiary/aromatic N) is 3. The Morgan fingerprint density at radius 3 is 2.88 bits per heavy atom. The molecule has 1 aromatic carbocycles. The van der Waals surface area contributed by atoms with Crippen LogP contribution in [0.5, 0.6) is 0 Å². The Kier molecular flexibility index (Phi) is 2.41. The summed E-state index contributed by atoms with van der Waals surface area (Å²) in [5.74, 6) is 0. The molecule has 2 aliphatic rings. The summed E-state index contributed by atoms with van der Waals surface area (Å²) in [7, 11) is 0. The van der Waals surface area contributed by atoms with Crippen molar-refractivity contribution in [3.8, 4) is 6.07 Å². The van der Waals surface area contributed by atoms with E-state index in [4.69, 9.17) is 5.26 Å². The number of piperidine rings is 1. The van der Waals surface area contributed by atoms with Gasteiger partial charge in [0, 0.05) is 24.6 Å². The van der Waals surface area contributed by atoms with E-state index in [9.17, 15) is 0 Å². The Balaban J connectivity index is 1.90. The maximum absolute atomic E-state index is 8.80. The smallest absolute Gasteiger partial charge is 0.0991 e. The Labute approximate surface area is 101 Å². The van der Waals surface area contributed by atoms with E-state index in [1.165, 1.54) is 17.7 Å². The van der Waals surface area contributed by atoms with Gasteiger partial charge < -0.3 is 4.90 Å². The monoisotopic (exact) mass is 223 g/mol.